The molecule has 4 heterocycles. The Kier molecular flexibility index (Phi) is 4.95. The van der Waals surface area contributed by atoms with Crippen LogP contribution in [0.4, 0.5) is 11.8 Å². The van der Waals surface area contributed by atoms with Crippen LogP contribution < -0.4 is 5.32 Å². The summed E-state index contributed by atoms with van der Waals surface area (Å²) < 4.78 is 0. The van der Waals surface area contributed by atoms with Crippen molar-refractivity contribution in [3.05, 3.63) is 66.6 Å². The van der Waals surface area contributed by atoms with Gasteiger partial charge >= 0.3 is 0 Å². The molecule has 1 unspecified atom stereocenters. The molecule has 0 aliphatic carbocycles. The van der Waals surface area contributed by atoms with Crippen LogP contribution in [-0.4, -0.2) is 42.3 Å². The average molecular weight is 361 g/mol. The summed E-state index contributed by atoms with van der Waals surface area (Å²) in [5.74, 6) is 1.01. The fourth-order valence-electron chi connectivity index (χ4n) is 3.21. The minimum absolute atomic E-state index is 0.111. The standard InChI is InChI=1S/C19H19N7O/c27-18(15-13-20-10-11-21-15)26-12-4-2-5-16(26)14-7-9-23-19(24-14)25-17-6-1-3-8-22-17/h1,3,6-11,13,16H,2,4-5,12H2,(H,22,23,24,25). The number of nitrogens with zero attached hydrogens (tertiary/aromatic N) is 6. The second-order valence-corrected chi connectivity index (χ2v) is 6.25. The van der Waals surface area contributed by atoms with E-state index < -0.39 is 0 Å². The Hall–Kier alpha value is -3.42. The van der Waals surface area contributed by atoms with Gasteiger partial charge in [0.15, 0.2) is 0 Å². The number of nitrogens with one attached hydrogen (secondary N) is 1. The molecule has 4 rings (SSSR count). The summed E-state index contributed by atoms with van der Waals surface area (Å²) in [7, 11) is 0. The Bertz CT molecular complexity index is 904. The highest BCUT2D eigenvalue weighted by molar-refractivity contribution is 5.92. The molecule has 0 bridgehead atoms. The molecular formula is C19H19N7O. The predicted octanol–water partition coefficient (Wildman–Crippen LogP) is 2.77. The lowest BCUT2D eigenvalue weighted by molar-refractivity contribution is 0.0599. The molecule has 0 spiro atoms. The lowest BCUT2D eigenvalue weighted by atomic mass is 9.98. The van der Waals surface area contributed by atoms with Gasteiger partial charge in [0.1, 0.15) is 11.5 Å². The predicted molar refractivity (Wildman–Crippen MR) is 99.2 cm³/mol. The first-order chi connectivity index (χ1) is 13.3. The lowest BCUT2D eigenvalue weighted by Crippen LogP contribution is -2.39. The third-order valence-corrected chi connectivity index (χ3v) is 4.47. The van der Waals surface area contributed by atoms with E-state index in [0.29, 0.717) is 24.0 Å². The molecule has 8 heteroatoms. The van der Waals surface area contributed by atoms with Gasteiger partial charge in [0.25, 0.3) is 5.91 Å². The van der Waals surface area contributed by atoms with Crippen molar-refractivity contribution in [3.8, 4) is 0 Å². The summed E-state index contributed by atoms with van der Waals surface area (Å²) in [5.41, 5.74) is 1.16. The van der Waals surface area contributed by atoms with Crippen LogP contribution in [0.3, 0.4) is 0 Å². The van der Waals surface area contributed by atoms with Gasteiger partial charge < -0.3 is 10.2 Å². The first-order valence-corrected chi connectivity index (χ1v) is 8.89. The van der Waals surface area contributed by atoms with Crippen LogP contribution in [0.2, 0.25) is 0 Å². The zero-order valence-corrected chi connectivity index (χ0v) is 14.7. The molecule has 1 aliphatic rings. The van der Waals surface area contributed by atoms with E-state index in [0.717, 1.165) is 25.0 Å². The number of hydrogen-bond donors (Lipinski definition) is 1. The second kappa shape index (κ2) is 7.86. The van der Waals surface area contributed by atoms with Gasteiger partial charge in [-0.15, -0.1) is 0 Å². The lowest BCUT2D eigenvalue weighted by Gasteiger charge is -2.35. The van der Waals surface area contributed by atoms with Crippen LogP contribution in [-0.2, 0) is 0 Å². The van der Waals surface area contributed by atoms with E-state index in [2.05, 4.69) is 30.2 Å². The molecule has 1 aliphatic heterocycles. The normalized spacial score (nSPS) is 16.7. The molecule has 1 atom stereocenters. The monoisotopic (exact) mass is 361 g/mol. The number of carbonyl (C=O) groups excluding carboxylic acids is 1. The van der Waals surface area contributed by atoms with Crippen LogP contribution in [0, 0.1) is 0 Å². The highest BCUT2D eigenvalue weighted by Gasteiger charge is 2.30. The van der Waals surface area contributed by atoms with Crippen LogP contribution in [0.1, 0.15) is 41.5 Å². The minimum atomic E-state index is -0.120. The van der Waals surface area contributed by atoms with Gasteiger partial charge in [-0.2, -0.15) is 0 Å². The first-order valence-electron chi connectivity index (χ1n) is 8.89. The zero-order valence-electron chi connectivity index (χ0n) is 14.7. The summed E-state index contributed by atoms with van der Waals surface area (Å²) in [6, 6.07) is 7.33. The number of piperidine rings is 1. The topological polar surface area (TPSA) is 96.8 Å². The summed E-state index contributed by atoms with van der Waals surface area (Å²) in [5, 5.41) is 3.10. The number of likely N-dealkylation sites (tertiary alicyclic amines) is 1. The molecule has 1 fully saturated rings. The number of amides is 1. The van der Waals surface area contributed by atoms with Gasteiger partial charge in [-0.05, 0) is 37.5 Å². The van der Waals surface area contributed by atoms with Crippen LogP contribution >= 0.6 is 0 Å². The van der Waals surface area contributed by atoms with E-state index >= 15 is 0 Å². The van der Waals surface area contributed by atoms with E-state index in [-0.39, 0.29) is 11.9 Å². The quantitative estimate of drug-likeness (QED) is 0.763. The number of hydrogen-bond acceptors (Lipinski definition) is 7. The molecule has 0 aromatic carbocycles. The molecule has 1 amide bonds. The van der Waals surface area contributed by atoms with Crippen molar-refractivity contribution in [3.63, 3.8) is 0 Å². The Balaban J connectivity index is 1.58. The molecule has 27 heavy (non-hydrogen) atoms. The highest BCUT2D eigenvalue weighted by atomic mass is 16.2. The van der Waals surface area contributed by atoms with Crippen LogP contribution in [0.5, 0.6) is 0 Å². The Morgan fingerprint density at radius 1 is 1.04 bits per heavy atom. The molecule has 0 saturated carbocycles. The number of pyridine rings is 1. The highest BCUT2D eigenvalue weighted by Crippen LogP contribution is 2.31. The van der Waals surface area contributed by atoms with Crippen molar-refractivity contribution in [2.75, 3.05) is 11.9 Å². The largest absolute Gasteiger partial charge is 0.329 e. The van der Waals surface area contributed by atoms with Gasteiger partial charge in [-0.1, -0.05) is 6.07 Å². The number of aromatic nitrogens is 5. The summed E-state index contributed by atoms with van der Waals surface area (Å²) in [4.78, 5) is 36.0. The maximum Gasteiger partial charge on any atom is 0.274 e. The maximum atomic E-state index is 12.9. The Morgan fingerprint density at radius 2 is 2.00 bits per heavy atom. The number of rotatable bonds is 4. The minimum Gasteiger partial charge on any atom is -0.329 e. The van der Waals surface area contributed by atoms with E-state index in [1.165, 1.54) is 12.4 Å². The number of carbonyl (C=O) groups is 1. The van der Waals surface area contributed by atoms with Gasteiger partial charge in [0, 0.05) is 31.3 Å². The molecule has 3 aromatic rings. The molecular weight excluding hydrogens is 342 g/mol. The fraction of sp³-hybridized carbons (Fsp3) is 0.263. The van der Waals surface area contributed by atoms with Crippen molar-refractivity contribution >= 4 is 17.7 Å². The van der Waals surface area contributed by atoms with Gasteiger partial charge in [0.05, 0.1) is 17.9 Å². The van der Waals surface area contributed by atoms with E-state index in [9.17, 15) is 4.79 Å². The molecule has 1 N–H and O–H groups in total. The van der Waals surface area contributed by atoms with E-state index in [1.807, 2.05) is 29.2 Å². The van der Waals surface area contributed by atoms with Crippen molar-refractivity contribution in [2.24, 2.45) is 0 Å². The third kappa shape index (κ3) is 3.89. The SMILES string of the molecule is O=C(c1cnccn1)N1CCCCC1c1ccnc(Nc2ccccn2)n1. The van der Waals surface area contributed by atoms with Crippen molar-refractivity contribution < 1.29 is 4.79 Å². The molecule has 8 nitrogen and oxygen atoms in total. The average Bonchev–Trinajstić information content (AvgIpc) is 2.75. The van der Waals surface area contributed by atoms with Crippen LogP contribution in [0.15, 0.2) is 55.2 Å². The maximum absolute atomic E-state index is 12.9. The smallest absolute Gasteiger partial charge is 0.274 e. The van der Waals surface area contributed by atoms with Crippen molar-refractivity contribution in [1.29, 1.82) is 0 Å². The van der Waals surface area contributed by atoms with Gasteiger partial charge in [0.2, 0.25) is 5.95 Å². The summed E-state index contributed by atoms with van der Waals surface area (Å²) in [6.07, 6.45) is 10.9. The van der Waals surface area contributed by atoms with E-state index in [4.69, 9.17) is 0 Å². The molecule has 136 valence electrons. The Labute approximate surface area is 156 Å². The van der Waals surface area contributed by atoms with Gasteiger partial charge in [-0.3, -0.25) is 9.78 Å². The molecule has 0 radical (unpaired) electrons. The molecule has 3 aromatic heterocycles. The zero-order chi connectivity index (χ0) is 18.5. The third-order valence-electron chi connectivity index (χ3n) is 4.47. The fourth-order valence-corrected chi connectivity index (χ4v) is 3.21. The number of anilines is 2. The van der Waals surface area contributed by atoms with Crippen molar-refractivity contribution in [1.82, 2.24) is 29.8 Å². The summed E-state index contributed by atoms with van der Waals surface area (Å²) in [6.45, 7) is 0.674. The Morgan fingerprint density at radius 3 is 2.81 bits per heavy atom. The second-order valence-electron chi connectivity index (χ2n) is 6.25. The van der Waals surface area contributed by atoms with Crippen LogP contribution in [0.25, 0.3) is 0 Å². The first kappa shape index (κ1) is 17.0. The summed E-state index contributed by atoms with van der Waals surface area (Å²) >= 11 is 0. The van der Waals surface area contributed by atoms with Gasteiger partial charge in [-0.25, -0.2) is 19.9 Å². The van der Waals surface area contributed by atoms with Crippen molar-refractivity contribution in [2.45, 2.75) is 25.3 Å². The molecule has 1 saturated heterocycles. The van der Waals surface area contributed by atoms with E-state index in [1.54, 1.807) is 18.6 Å².